The van der Waals surface area contributed by atoms with Gasteiger partial charge in [0.05, 0.1) is 22.5 Å². The van der Waals surface area contributed by atoms with Gasteiger partial charge in [0.2, 0.25) is 5.88 Å². The van der Waals surface area contributed by atoms with Gasteiger partial charge in [-0.2, -0.15) is 0 Å². The number of nitro benzene ring substituents is 1. The standard InChI is InChI=1S/C22H14BrClN4O4/c23-15-7-9-18-16(11-15)20(22(30)27(18)12-13-4-2-1-3-5-13)25-26-21(29)14-6-8-17(24)19(10-14)28(31)32/h1-11,30H,12H2. The van der Waals surface area contributed by atoms with Crippen molar-refractivity contribution < 1.29 is 14.8 Å². The highest BCUT2D eigenvalue weighted by Crippen LogP contribution is 2.40. The van der Waals surface area contributed by atoms with Crippen LogP contribution in [0.1, 0.15) is 15.9 Å². The second-order valence-electron chi connectivity index (χ2n) is 6.83. The molecule has 32 heavy (non-hydrogen) atoms. The number of carbonyl (C=O) groups excluding carboxylic acids is 1. The number of carbonyl (C=O) groups is 1. The Morgan fingerprint density at radius 1 is 1.12 bits per heavy atom. The van der Waals surface area contributed by atoms with Gasteiger partial charge in [0.25, 0.3) is 11.6 Å². The Hall–Kier alpha value is -3.56. The van der Waals surface area contributed by atoms with Crippen LogP contribution in [0, 0.1) is 10.1 Å². The third-order valence-corrected chi connectivity index (χ3v) is 5.60. The first kappa shape index (κ1) is 21.7. The highest BCUT2D eigenvalue weighted by atomic mass is 79.9. The Balaban J connectivity index is 1.74. The van der Waals surface area contributed by atoms with Crippen LogP contribution in [0.4, 0.5) is 11.4 Å². The van der Waals surface area contributed by atoms with Crippen molar-refractivity contribution in [2.45, 2.75) is 6.54 Å². The van der Waals surface area contributed by atoms with E-state index in [1.165, 1.54) is 12.1 Å². The van der Waals surface area contributed by atoms with Crippen molar-refractivity contribution >= 4 is 55.7 Å². The van der Waals surface area contributed by atoms with Gasteiger partial charge in [0.1, 0.15) is 5.02 Å². The quantitative estimate of drug-likeness (QED) is 0.183. The van der Waals surface area contributed by atoms with Crippen molar-refractivity contribution in [1.29, 1.82) is 0 Å². The minimum Gasteiger partial charge on any atom is -0.493 e. The topological polar surface area (TPSA) is 110 Å². The van der Waals surface area contributed by atoms with Gasteiger partial charge in [-0.25, -0.2) is 0 Å². The van der Waals surface area contributed by atoms with Gasteiger partial charge in [-0.05, 0) is 35.9 Å². The Kier molecular flexibility index (Phi) is 6.02. The van der Waals surface area contributed by atoms with Crippen LogP contribution >= 0.6 is 27.5 Å². The van der Waals surface area contributed by atoms with Crippen LogP contribution in [0.25, 0.3) is 10.9 Å². The third-order valence-electron chi connectivity index (χ3n) is 4.79. The molecule has 0 bridgehead atoms. The van der Waals surface area contributed by atoms with Crippen molar-refractivity contribution in [3.63, 3.8) is 0 Å². The molecule has 0 fully saturated rings. The molecule has 3 aromatic carbocycles. The molecule has 0 saturated heterocycles. The summed E-state index contributed by atoms with van der Waals surface area (Å²) in [7, 11) is 0. The van der Waals surface area contributed by atoms with E-state index in [4.69, 9.17) is 11.6 Å². The zero-order valence-electron chi connectivity index (χ0n) is 16.3. The van der Waals surface area contributed by atoms with Crippen molar-refractivity contribution in [2.24, 2.45) is 10.2 Å². The number of aromatic hydroxyl groups is 1. The number of azo groups is 1. The summed E-state index contributed by atoms with van der Waals surface area (Å²) in [6.45, 7) is 0.387. The van der Waals surface area contributed by atoms with Crippen molar-refractivity contribution in [3.8, 4) is 5.88 Å². The largest absolute Gasteiger partial charge is 0.493 e. The molecule has 0 saturated carbocycles. The number of aromatic nitrogens is 1. The first-order chi connectivity index (χ1) is 15.3. The average Bonchev–Trinajstić information content (AvgIpc) is 3.03. The summed E-state index contributed by atoms with van der Waals surface area (Å²) in [6.07, 6.45) is 0. The monoisotopic (exact) mass is 512 g/mol. The van der Waals surface area contributed by atoms with Crippen LogP contribution in [0.5, 0.6) is 5.88 Å². The molecular formula is C22H14BrClN4O4. The van der Waals surface area contributed by atoms with Crippen LogP contribution < -0.4 is 0 Å². The van der Waals surface area contributed by atoms with Gasteiger partial charge < -0.3 is 9.67 Å². The average molecular weight is 514 g/mol. The number of hydrogen-bond donors (Lipinski definition) is 1. The van der Waals surface area contributed by atoms with Gasteiger partial charge in [-0.3, -0.25) is 14.9 Å². The van der Waals surface area contributed by atoms with Crippen molar-refractivity contribution in [1.82, 2.24) is 4.57 Å². The van der Waals surface area contributed by atoms with Crippen molar-refractivity contribution in [2.75, 3.05) is 0 Å². The zero-order chi connectivity index (χ0) is 22.8. The number of benzene rings is 3. The van der Waals surface area contributed by atoms with Crippen LogP contribution in [-0.4, -0.2) is 20.5 Å². The lowest BCUT2D eigenvalue weighted by atomic mass is 10.2. The molecule has 4 rings (SSSR count). The first-order valence-electron chi connectivity index (χ1n) is 9.30. The summed E-state index contributed by atoms with van der Waals surface area (Å²) in [5.41, 5.74) is 1.35. The summed E-state index contributed by atoms with van der Waals surface area (Å²) in [4.78, 5) is 22.9. The highest BCUT2D eigenvalue weighted by molar-refractivity contribution is 9.10. The first-order valence-corrected chi connectivity index (χ1v) is 10.5. The van der Waals surface area contributed by atoms with Crippen LogP contribution in [0.2, 0.25) is 5.02 Å². The van der Waals surface area contributed by atoms with E-state index in [1.807, 2.05) is 42.5 Å². The predicted octanol–water partition coefficient (Wildman–Crippen LogP) is 6.64. The lowest BCUT2D eigenvalue weighted by Crippen LogP contribution is -1.98. The van der Waals surface area contributed by atoms with Crippen molar-refractivity contribution in [3.05, 3.63) is 97.5 Å². The lowest BCUT2D eigenvalue weighted by molar-refractivity contribution is -0.384. The van der Waals surface area contributed by atoms with E-state index in [2.05, 4.69) is 26.2 Å². The summed E-state index contributed by atoms with van der Waals surface area (Å²) < 4.78 is 2.43. The van der Waals surface area contributed by atoms with Gasteiger partial charge in [0, 0.05) is 15.9 Å². The zero-order valence-corrected chi connectivity index (χ0v) is 18.6. The SMILES string of the molecule is O=C(N=Nc1c(O)n(Cc2ccccc2)c2ccc(Br)cc12)c1ccc(Cl)c([N+](=O)[O-])c1. The predicted molar refractivity (Wildman–Crippen MR) is 124 cm³/mol. The molecule has 1 amide bonds. The molecule has 0 radical (unpaired) electrons. The van der Waals surface area contributed by atoms with Crippen LogP contribution in [0.15, 0.2) is 81.4 Å². The van der Waals surface area contributed by atoms with E-state index in [1.54, 1.807) is 10.6 Å². The third kappa shape index (κ3) is 4.25. The summed E-state index contributed by atoms with van der Waals surface area (Å²) in [5, 5.41) is 30.1. The molecule has 0 aliphatic carbocycles. The fourth-order valence-corrected chi connectivity index (χ4v) is 3.81. The number of nitrogens with zero attached hydrogens (tertiary/aromatic N) is 4. The van der Waals surface area contributed by atoms with Crippen LogP contribution in [-0.2, 0) is 6.54 Å². The summed E-state index contributed by atoms with van der Waals surface area (Å²) in [5.74, 6) is -0.955. The Morgan fingerprint density at radius 2 is 1.88 bits per heavy atom. The Bertz CT molecular complexity index is 1390. The minimum absolute atomic E-state index is 0.0430. The second-order valence-corrected chi connectivity index (χ2v) is 8.16. The van der Waals surface area contributed by atoms with Crippen LogP contribution in [0.3, 0.4) is 0 Å². The smallest absolute Gasteiger partial charge is 0.295 e. The molecule has 0 spiro atoms. The molecule has 8 nitrogen and oxygen atoms in total. The van der Waals surface area contributed by atoms with Gasteiger partial charge in [-0.1, -0.05) is 57.9 Å². The lowest BCUT2D eigenvalue weighted by Gasteiger charge is -2.07. The maximum absolute atomic E-state index is 12.5. The van der Waals surface area contributed by atoms with Gasteiger partial charge in [0.15, 0.2) is 5.69 Å². The number of halogens is 2. The summed E-state index contributed by atoms with van der Waals surface area (Å²) >= 11 is 9.20. The minimum atomic E-state index is -0.803. The van der Waals surface area contributed by atoms with E-state index in [0.29, 0.717) is 17.4 Å². The number of fused-ring (bicyclic) bond motifs is 1. The van der Waals surface area contributed by atoms with Gasteiger partial charge in [-0.15, -0.1) is 10.2 Å². The normalized spacial score (nSPS) is 11.3. The molecule has 0 aliphatic heterocycles. The van der Waals surface area contributed by atoms with E-state index >= 15 is 0 Å². The molecule has 0 aliphatic rings. The summed E-state index contributed by atoms with van der Waals surface area (Å²) in [6, 6.07) is 18.6. The maximum atomic E-state index is 12.5. The second kappa shape index (κ2) is 8.89. The number of nitro groups is 1. The maximum Gasteiger partial charge on any atom is 0.295 e. The van der Waals surface area contributed by atoms with E-state index in [-0.39, 0.29) is 22.2 Å². The molecule has 1 heterocycles. The van der Waals surface area contributed by atoms with E-state index in [0.717, 1.165) is 16.1 Å². The highest BCUT2D eigenvalue weighted by Gasteiger charge is 2.19. The molecular weight excluding hydrogens is 500 g/mol. The fraction of sp³-hybridized carbons (Fsp3) is 0.0455. The molecule has 10 heteroatoms. The molecule has 0 unspecified atom stereocenters. The molecule has 0 atom stereocenters. The van der Waals surface area contributed by atoms with Gasteiger partial charge >= 0.3 is 0 Å². The fourth-order valence-electron chi connectivity index (χ4n) is 3.26. The Labute approximate surface area is 195 Å². The van der Waals surface area contributed by atoms with E-state index < -0.39 is 16.5 Å². The Morgan fingerprint density at radius 3 is 2.59 bits per heavy atom. The molecule has 1 aromatic heterocycles. The number of amides is 1. The molecule has 1 N–H and O–H groups in total. The number of hydrogen-bond acceptors (Lipinski definition) is 5. The number of rotatable bonds is 5. The van der Waals surface area contributed by atoms with E-state index in [9.17, 15) is 20.0 Å². The molecule has 4 aromatic rings. The molecule has 160 valence electrons.